The Morgan fingerprint density at radius 1 is 1.17 bits per heavy atom. The number of amides is 1. The number of carbonyl (C=O) groups excluding carboxylic acids is 1. The van der Waals surface area contributed by atoms with Crippen molar-refractivity contribution in [2.45, 2.75) is 13.0 Å². The highest BCUT2D eigenvalue weighted by Gasteiger charge is 2.10. The van der Waals surface area contributed by atoms with E-state index in [1.807, 2.05) is 47.8 Å². The highest BCUT2D eigenvalue weighted by atomic mass is 32.1. The lowest BCUT2D eigenvalue weighted by Gasteiger charge is -2.05. The quantitative estimate of drug-likeness (QED) is 0.721. The Kier molecular flexibility index (Phi) is 5.00. The van der Waals surface area contributed by atoms with Gasteiger partial charge in [0.1, 0.15) is 5.75 Å². The lowest BCUT2D eigenvalue weighted by atomic mass is 10.3. The number of rotatable bonds is 7. The van der Waals surface area contributed by atoms with Gasteiger partial charge >= 0.3 is 0 Å². The normalized spacial score (nSPS) is 10.4. The molecule has 0 aliphatic rings. The zero-order valence-electron chi connectivity index (χ0n) is 12.3. The van der Waals surface area contributed by atoms with Gasteiger partial charge in [0.2, 0.25) is 11.8 Å². The molecule has 0 aliphatic heterocycles. The van der Waals surface area contributed by atoms with Gasteiger partial charge in [-0.2, -0.15) is 0 Å². The predicted molar refractivity (Wildman–Crippen MR) is 86.0 cm³/mol. The highest BCUT2D eigenvalue weighted by molar-refractivity contribution is 7.13. The second-order valence-corrected chi connectivity index (χ2v) is 5.61. The molecule has 0 unspecified atom stereocenters. The van der Waals surface area contributed by atoms with Gasteiger partial charge in [-0.3, -0.25) is 4.79 Å². The van der Waals surface area contributed by atoms with Crippen molar-refractivity contribution in [1.82, 2.24) is 15.5 Å². The van der Waals surface area contributed by atoms with E-state index in [0.717, 1.165) is 10.6 Å². The van der Waals surface area contributed by atoms with Gasteiger partial charge in [-0.1, -0.05) is 24.3 Å². The molecule has 0 spiro atoms. The third-order valence-corrected chi connectivity index (χ3v) is 3.83. The van der Waals surface area contributed by atoms with Gasteiger partial charge in [0.05, 0.1) is 24.4 Å². The van der Waals surface area contributed by atoms with E-state index >= 15 is 0 Å². The van der Waals surface area contributed by atoms with Crippen molar-refractivity contribution >= 4 is 17.2 Å². The first-order chi connectivity index (χ1) is 11.3. The van der Waals surface area contributed by atoms with Gasteiger partial charge in [-0.05, 0) is 23.6 Å². The van der Waals surface area contributed by atoms with Crippen LogP contribution in [0.4, 0.5) is 0 Å². The molecule has 1 N–H and O–H groups in total. The second-order valence-electron chi connectivity index (χ2n) is 4.67. The zero-order chi connectivity index (χ0) is 15.9. The topological polar surface area (TPSA) is 77.2 Å². The molecule has 0 saturated heterocycles. The molecular formula is C16H15N3O3S. The van der Waals surface area contributed by atoms with E-state index in [2.05, 4.69) is 15.5 Å². The molecule has 1 amide bonds. The number of hydrogen-bond acceptors (Lipinski definition) is 6. The van der Waals surface area contributed by atoms with Crippen LogP contribution in [0.15, 0.2) is 52.3 Å². The first kappa shape index (κ1) is 15.2. The predicted octanol–water partition coefficient (Wildman–Crippen LogP) is 2.88. The second kappa shape index (κ2) is 7.55. The molecule has 0 aliphatic carbocycles. The summed E-state index contributed by atoms with van der Waals surface area (Å²) < 4.78 is 11.0. The SMILES string of the molecule is O=C(CCOc1ccccc1)NCc1nnc(-c2cccs2)o1. The van der Waals surface area contributed by atoms with Crippen LogP contribution in [-0.4, -0.2) is 22.7 Å². The fourth-order valence-electron chi connectivity index (χ4n) is 1.87. The lowest BCUT2D eigenvalue weighted by molar-refractivity contribution is -0.121. The first-order valence-corrected chi connectivity index (χ1v) is 8.00. The largest absolute Gasteiger partial charge is 0.493 e. The molecular weight excluding hydrogens is 314 g/mol. The number of thiophene rings is 1. The highest BCUT2D eigenvalue weighted by Crippen LogP contribution is 2.22. The number of benzene rings is 1. The molecule has 2 heterocycles. The number of hydrogen-bond donors (Lipinski definition) is 1. The lowest BCUT2D eigenvalue weighted by Crippen LogP contribution is -2.24. The van der Waals surface area contributed by atoms with Crippen molar-refractivity contribution in [3.05, 3.63) is 53.7 Å². The molecule has 0 radical (unpaired) electrons. The van der Waals surface area contributed by atoms with Crippen molar-refractivity contribution in [3.8, 4) is 16.5 Å². The summed E-state index contributed by atoms with van der Waals surface area (Å²) in [5, 5.41) is 12.5. The van der Waals surface area contributed by atoms with Crippen LogP contribution in [0.1, 0.15) is 12.3 Å². The molecule has 0 atom stereocenters. The van der Waals surface area contributed by atoms with E-state index in [4.69, 9.17) is 9.15 Å². The maximum absolute atomic E-state index is 11.8. The first-order valence-electron chi connectivity index (χ1n) is 7.12. The third kappa shape index (κ3) is 4.40. The standard InChI is InChI=1S/C16H15N3O3S/c20-14(8-9-21-12-5-2-1-3-6-12)17-11-15-18-19-16(22-15)13-7-4-10-23-13/h1-7,10H,8-9,11H2,(H,17,20). The van der Waals surface area contributed by atoms with Crippen molar-refractivity contribution in [2.75, 3.05) is 6.61 Å². The van der Waals surface area contributed by atoms with Crippen LogP contribution >= 0.6 is 11.3 Å². The number of para-hydroxylation sites is 1. The average Bonchev–Trinajstić information content (AvgIpc) is 3.25. The Morgan fingerprint density at radius 2 is 2.04 bits per heavy atom. The van der Waals surface area contributed by atoms with Gasteiger partial charge in [-0.25, -0.2) is 0 Å². The van der Waals surface area contributed by atoms with Gasteiger partial charge in [0.15, 0.2) is 0 Å². The summed E-state index contributed by atoms with van der Waals surface area (Å²) in [6.07, 6.45) is 0.265. The number of carbonyl (C=O) groups is 1. The molecule has 1 aromatic carbocycles. The molecule has 23 heavy (non-hydrogen) atoms. The summed E-state index contributed by atoms with van der Waals surface area (Å²) in [5.41, 5.74) is 0. The van der Waals surface area contributed by atoms with Crippen LogP contribution < -0.4 is 10.1 Å². The molecule has 0 saturated carbocycles. The van der Waals surface area contributed by atoms with Crippen LogP contribution in [0, 0.1) is 0 Å². The summed E-state index contributed by atoms with van der Waals surface area (Å²) in [4.78, 5) is 12.7. The van der Waals surface area contributed by atoms with E-state index < -0.39 is 0 Å². The maximum atomic E-state index is 11.8. The molecule has 6 nitrogen and oxygen atoms in total. The Hall–Kier alpha value is -2.67. The van der Waals surface area contributed by atoms with Crippen LogP contribution in [0.2, 0.25) is 0 Å². The molecule has 3 rings (SSSR count). The Bertz CT molecular complexity index is 741. The Labute approximate surface area is 137 Å². The Balaban J connectivity index is 1.41. The molecule has 0 bridgehead atoms. The van der Waals surface area contributed by atoms with E-state index in [-0.39, 0.29) is 18.9 Å². The molecule has 7 heteroatoms. The summed E-state index contributed by atoms with van der Waals surface area (Å²) in [6, 6.07) is 13.2. The van der Waals surface area contributed by atoms with Gasteiger partial charge in [-0.15, -0.1) is 21.5 Å². The summed E-state index contributed by atoms with van der Waals surface area (Å²) in [5.74, 6) is 1.47. The van der Waals surface area contributed by atoms with Crippen LogP contribution in [-0.2, 0) is 11.3 Å². The molecule has 3 aromatic rings. The zero-order valence-corrected chi connectivity index (χ0v) is 13.1. The molecule has 2 aromatic heterocycles. The van der Waals surface area contributed by atoms with Crippen LogP contribution in [0.3, 0.4) is 0 Å². The van der Waals surface area contributed by atoms with Crippen molar-refractivity contribution in [3.63, 3.8) is 0 Å². The minimum Gasteiger partial charge on any atom is -0.493 e. The number of ether oxygens (including phenoxy) is 1. The van der Waals surface area contributed by atoms with E-state index in [1.54, 1.807) is 0 Å². The Morgan fingerprint density at radius 3 is 2.83 bits per heavy atom. The van der Waals surface area contributed by atoms with Gasteiger partial charge < -0.3 is 14.5 Å². The average molecular weight is 329 g/mol. The fourth-order valence-corrected chi connectivity index (χ4v) is 2.51. The molecule has 0 fully saturated rings. The summed E-state index contributed by atoms with van der Waals surface area (Å²) in [7, 11) is 0. The smallest absolute Gasteiger partial charge is 0.257 e. The summed E-state index contributed by atoms with van der Waals surface area (Å²) >= 11 is 1.52. The van der Waals surface area contributed by atoms with E-state index in [0.29, 0.717) is 18.4 Å². The fraction of sp³-hybridized carbons (Fsp3) is 0.188. The van der Waals surface area contributed by atoms with Crippen LogP contribution in [0.5, 0.6) is 5.75 Å². The number of nitrogens with zero attached hydrogens (tertiary/aromatic N) is 2. The minimum absolute atomic E-state index is 0.128. The number of nitrogens with one attached hydrogen (secondary N) is 1. The third-order valence-electron chi connectivity index (χ3n) is 2.98. The summed E-state index contributed by atoms with van der Waals surface area (Å²) in [6.45, 7) is 0.530. The van der Waals surface area contributed by atoms with E-state index in [1.165, 1.54) is 11.3 Å². The van der Waals surface area contributed by atoms with Crippen molar-refractivity contribution in [1.29, 1.82) is 0 Å². The minimum atomic E-state index is -0.128. The van der Waals surface area contributed by atoms with Crippen LogP contribution in [0.25, 0.3) is 10.8 Å². The van der Waals surface area contributed by atoms with Gasteiger partial charge in [0, 0.05) is 0 Å². The van der Waals surface area contributed by atoms with Crippen molar-refractivity contribution in [2.24, 2.45) is 0 Å². The van der Waals surface area contributed by atoms with Crippen molar-refractivity contribution < 1.29 is 13.9 Å². The number of aromatic nitrogens is 2. The van der Waals surface area contributed by atoms with E-state index in [9.17, 15) is 4.79 Å². The molecule has 118 valence electrons. The van der Waals surface area contributed by atoms with Gasteiger partial charge in [0.25, 0.3) is 5.89 Å². The monoisotopic (exact) mass is 329 g/mol. The maximum Gasteiger partial charge on any atom is 0.257 e.